The summed E-state index contributed by atoms with van der Waals surface area (Å²) in [5, 5.41) is 0. The van der Waals surface area contributed by atoms with Crippen molar-refractivity contribution in [2.24, 2.45) is 58.7 Å². The van der Waals surface area contributed by atoms with Gasteiger partial charge in [0.05, 0.1) is 32.7 Å². The second-order valence-corrected chi connectivity index (χ2v) is 7.88. The lowest BCUT2D eigenvalue weighted by molar-refractivity contribution is -0.171. The summed E-state index contributed by atoms with van der Waals surface area (Å²) in [6.07, 6.45) is 0. The molecule has 0 aromatic rings. The van der Waals surface area contributed by atoms with Crippen molar-refractivity contribution in [2.45, 2.75) is 6.92 Å². The maximum absolute atomic E-state index is 12.4. The first kappa shape index (κ1) is 13.8. The lowest BCUT2D eigenvalue weighted by Crippen LogP contribution is -2.51. The fourth-order valence-electron chi connectivity index (χ4n) is 7.51. The Bertz CT molecular complexity index is 599. The first-order chi connectivity index (χ1) is 11.0. The lowest BCUT2D eigenvalue weighted by atomic mass is 9.58. The van der Waals surface area contributed by atoms with E-state index in [9.17, 15) is 14.4 Å². The Kier molecular flexibility index (Phi) is 2.34. The second-order valence-electron chi connectivity index (χ2n) is 7.88. The minimum Gasteiger partial charge on any atom is -0.469 e. The minimum absolute atomic E-state index is 0.0331. The summed E-state index contributed by atoms with van der Waals surface area (Å²) < 4.78 is 15.4. The summed E-state index contributed by atoms with van der Waals surface area (Å²) in [5.41, 5.74) is 0.0331. The van der Waals surface area contributed by atoms with Crippen LogP contribution in [0.4, 0.5) is 0 Å². The molecule has 0 aromatic carbocycles. The van der Waals surface area contributed by atoms with Gasteiger partial charge in [-0.15, -0.1) is 0 Å². The van der Waals surface area contributed by atoms with Crippen molar-refractivity contribution in [3.8, 4) is 0 Å². The fourth-order valence-corrected chi connectivity index (χ4v) is 7.51. The number of carbonyl (C=O) groups is 3. The van der Waals surface area contributed by atoms with Gasteiger partial charge in [-0.3, -0.25) is 14.4 Å². The zero-order valence-electron chi connectivity index (χ0n) is 13.4. The molecule has 0 spiro atoms. The lowest BCUT2D eigenvalue weighted by Gasteiger charge is -2.44. The molecule has 8 unspecified atom stereocenters. The molecule has 0 aromatic heterocycles. The van der Waals surface area contributed by atoms with Crippen molar-refractivity contribution in [1.29, 1.82) is 0 Å². The molecule has 0 saturated heterocycles. The third-order valence-corrected chi connectivity index (χ3v) is 7.68. The van der Waals surface area contributed by atoms with Crippen LogP contribution in [0.3, 0.4) is 0 Å². The van der Waals surface area contributed by atoms with Crippen LogP contribution in [0.2, 0.25) is 0 Å². The van der Waals surface area contributed by atoms with Crippen molar-refractivity contribution in [3.05, 3.63) is 0 Å². The third kappa shape index (κ3) is 1.25. The minimum atomic E-state index is -0.383. The number of rotatable bonds is 4. The highest BCUT2D eigenvalue weighted by Gasteiger charge is 2.98. The Morgan fingerprint density at radius 3 is 1.70 bits per heavy atom. The van der Waals surface area contributed by atoms with Crippen LogP contribution in [0.25, 0.3) is 0 Å². The van der Waals surface area contributed by atoms with Crippen molar-refractivity contribution >= 4 is 17.9 Å². The molecular weight excluding hydrogens is 300 g/mol. The maximum atomic E-state index is 12.4. The molecule has 6 heteroatoms. The highest BCUT2D eigenvalue weighted by atomic mass is 16.5. The van der Waals surface area contributed by atoms with Crippen molar-refractivity contribution in [2.75, 3.05) is 20.8 Å². The normalized spacial score (nSPS) is 55.2. The summed E-state index contributed by atoms with van der Waals surface area (Å²) in [6.45, 7) is 1.88. The van der Waals surface area contributed by atoms with Crippen LogP contribution in [0.15, 0.2) is 0 Å². The Balaban J connectivity index is 1.52. The number of fused-ring (bicyclic) bond motifs is 1. The molecule has 8 atom stereocenters. The zero-order valence-corrected chi connectivity index (χ0v) is 13.4. The van der Waals surface area contributed by atoms with E-state index in [0.717, 1.165) is 0 Å². The van der Waals surface area contributed by atoms with E-state index in [4.69, 9.17) is 14.2 Å². The molecule has 6 fully saturated rings. The standard InChI is InChI=1S/C17H20O6/c1-5(18)23-4-17-12-6-7(12)9-11(16(20)22-3)10(15(19)21-2)8(6)13(17)14(9)17/h6-14H,4H2,1-3H3. The Labute approximate surface area is 133 Å². The average molecular weight is 320 g/mol. The van der Waals surface area contributed by atoms with E-state index in [1.54, 1.807) is 0 Å². The molecule has 0 amide bonds. The van der Waals surface area contributed by atoms with Crippen molar-refractivity contribution < 1.29 is 28.6 Å². The van der Waals surface area contributed by atoms with E-state index in [2.05, 4.69) is 0 Å². The van der Waals surface area contributed by atoms with Gasteiger partial charge in [-0.2, -0.15) is 0 Å². The topological polar surface area (TPSA) is 78.9 Å². The summed E-state index contributed by atoms with van der Waals surface area (Å²) in [7, 11) is 2.77. The van der Waals surface area contributed by atoms with Gasteiger partial charge in [0.15, 0.2) is 0 Å². The Morgan fingerprint density at radius 1 is 0.826 bits per heavy atom. The number of hydrogen-bond donors (Lipinski definition) is 0. The molecule has 6 aliphatic carbocycles. The van der Waals surface area contributed by atoms with Gasteiger partial charge >= 0.3 is 17.9 Å². The Hall–Kier alpha value is -1.59. The van der Waals surface area contributed by atoms with Crippen LogP contribution < -0.4 is 0 Å². The number of esters is 3. The molecule has 6 rings (SSSR count). The largest absolute Gasteiger partial charge is 0.469 e. The molecular formula is C17H20O6. The molecule has 6 saturated carbocycles. The van der Waals surface area contributed by atoms with Gasteiger partial charge < -0.3 is 14.2 Å². The van der Waals surface area contributed by atoms with Gasteiger partial charge in [-0.25, -0.2) is 0 Å². The average Bonchev–Trinajstić information content (AvgIpc) is 3.39. The SMILES string of the molecule is COC(=O)C1C(C(=O)OC)C2C3C4C1C1C2C1(COC(C)=O)C43. The van der Waals surface area contributed by atoms with Crippen LogP contribution >= 0.6 is 0 Å². The molecule has 0 N–H and O–H groups in total. The van der Waals surface area contributed by atoms with E-state index < -0.39 is 0 Å². The number of ether oxygens (including phenoxy) is 3. The highest BCUT2D eigenvalue weighted by Crippen LogP contribution is 2.98. The van der Waals surface area contributed by atoms with Gasteiger partial charge in [0, 0.05) is 12.3 Å². The summed E-state index contributed by atoms with van der Waals surface area (Å²) in [4.78, 5) is 36.0. The number of methoxy groups -OCH3 is 2. The third-order valence-electron chi connectivity index (χ3n) is 7.68. The van der Waals surface area contributed by atoms with Crippen LogP contribution in [-0.4, -0.2) is 38.7 Å². The zero-order chi connectivity index (χ0) is 16.3. The van der Waals surface area contributed by atoms with E-state index in [1.165, 1.54) is 21.1 Å². The van der Waals surface area contributed by atoms with Crippen LogP contribution in [0.1, 0.15) is 6.92 Å². The molecule has 6 aliphatic rings. The maximum Gasteiger partial charge on any atom is 0.309 e. The van der Waals surface area contributed by atoms with E-state index in [0.29, 0.717) is 36.2 Å². The molecule has 0 aliphatic heterocycles. The van der Waals surface area contributed by atoms with E-state index in [1.807, 2.05) is 0 Å². The Morgan fingerprint density at radius 2 is 1.30 bits per heavy atom. The number of hydrogen-bond acceptors (Lipinski definition) is 6. The summed E-state index contributed by atoms with van der Waals surface area (Å²) in [6, 6.07) is 0. The van der Waals surface area contributed by atoms with E-state index >= 15 is 0 Å². The molecule has 124 valence electrons. The highest BCUT2D eigenvalue weighted by molar-refractivity contribution is 5.85. The fraction of sp³-hybridized carbons (Fsp3) is 0.824. The molecule has 0 radical (unpaired) electrons. The molecule has 0 heterocycles. The van der Waals surface area contributed by atoms with Gasteiger partial charge in [0.25, 0.3) is 0 Å². The summed E-state index contributed by atoms with van der Waals surface area (Å²) >= 11 is 0. The molecule has 2 bridgehead atoms. The quantitative estimate of drug-likeness (QED) is 0.554. The van der Waals surface area contributed by atoms with Gasteiger partial charge in [-0.1, -0.05) is 0 Å². The van der Waals surface area contributed by atoms with Gasteiger partial charge in [0.2, 0.25) is 0 Å². The van der Waals surface area contributed by atoms with Crippen molar-refractivity contribution in [3.63, 3.8) is 0 Å². The van der Waals surface area contributed by atoms with Crippen LogP contribution in [0.5, 0.6) is 0 Å². The van der Waals surface area contributed by atoms with Crippen molar-refractivity contribution in [1.82, 2.24) is 0 Å². The molecule has 6 nitrogen and oxygen atoms in total. The predicted octanol–water partition coefficient (Wildman–Crippen LogP) is 0.496. The first-order valence-corrected chi connectivity index (χ1v) is 8.29. The first-order valence-electron chi connectivity index (χ1n) is 8.29. The number of carbonyl (C=O) groups excluding carboxylic acids is 3. The predicted molar refractivity (Wildman–Crippen MR) is 74.5 cm³/mol. The molecule has 23 heavy (non-hydrogen) atoms. The van der Waals surface area contributed by atoms with Crippen LogP contribution in [0, 0.1) is 58.7 Å². The van der Waals surface area contributed by atoms with Gasteiger partial charge in [-0.05, 0) is 41.4 Å². The van der Waals surface area contributed by atoms with Gasteiger partial charge in [0.1, 0.15) is 0 Å². The smallest absolute Gasteiger partial charge is 0.309 e. The monoisotopic (exact) mass is 320 g/mol. The van der Waals surface area contributed by atoms with Crippen LogP contribution in [-0.2, 0) is 28.6 Å². The second kappa shape index (κ2) is 3.90. The summed E-state index contributed by atoms with van der Waals surface area (Å²) in [5.74, 6) is 1.18. The van der Waals surface area contributed by atoms with E-state index in [-0.39, 0.29) is 47.0 Å².